The summed E-state index contributed by atoms with van der Waals surface area (Å²) in [6, 6.07) is 3.84. The molecule has 15 heavy (non-hydrogen) atoms. The van der Waals surface area contributed by atoms with Gasteiger partial charge in [0.1, 0.15) is 23.2 Å². The van der Waals surface area contributed by atoms with E-state index in [1.807, 2.05) is 19.1 Å². The number of nitrogens with two attached hydrogens (primary N) is 1. The van der Waals surface area contributed by atoms with Crippen LogP contribution >= 0.6 is 0 Å². The van der Waals surface area contributed by atoms with Crippen LogP contribution in [0.25, 0.3) is 0 Å². The van der Waals surface area contributed by atoms with Gasteiger partial charge in [0.15, 0.2) is 0 Å². The monoisotopic (exact) mass is 204 g/mol. The third kappa shape index (κ3) is 2.46. The highest BCUT2D eigenvalue weighted by atomic mass is 16.3. The number of furan rings is 1. The van der Waals surface area contributed by atoms with Crippen molar-refractivity contribution < 1.29 is 4.42 Å². The Labute approximate surface area is 87.3 Å². The molecule has 0 aliphatic heterocycles. The SMILES string of the molecule is Cc1ccc(CNc2cncc(N)n2)o1. The smallest absolute Gasteiger partial charge is 0.147 e. The van der Waals surface area contributed by atoms with Gasteiger partial charge in [-0.1, -0.05) is 0 Å². The van der Waals surface area contributed by atoms with E-state index in [1.54, 1.807) is 6.20 Å². The zero-order chi connectivity index (χ0) is 10.7. The van der Waals surface area contributed by atoms with Gasteiger partial charge in [-0.15, -0.1) is 0 Å². The van der Waals surface area contributed by atoms with Crippen LogP contribution in [0.3, 0.4) is 0 Å². The second kappa shape index (κ2) is 4.00. The molecule has 0 unspecified atom stereocenters. The number of anilines is 2. The average Bonchev–Trinajstić information content (AvgIpc) is 2.62. The first kappa shape index (κ1) is 9.51. The second-order valence-electron chi connectivity index (χ2n) is 3.20. The number of nitrogen functional groups attached to an aromatic ring is 1. The highest BCUT2D eigenvalue weighted by molar-refractivity contribution is 5.38. The fraction of sp³-hybridized carbons (Fsp3) is 0.200. The third-order valence-electron chi connectivity index (χ3n) is 1.89. The fourth-order valence-corrected chi connectivity index (χ4v) is 1.22. The minimum absolute atomic E-state index is 0.399. The highest BCUT2D eigenvalue weighted by Gasteiger charge is 1.99. The van der Waals surface area contributed by atoms with Crippen molar-refractivity contribution in [1.29, 1.82) is 0 Å². The minimum Gasteiger partial charge on any atom is -0.465 e. The molecule has 0 aromatic carbocycles. The lowest BCUT2D eigenvalue weighted by molar-refractivity contribution is 0.490. The summed E-state index contributed by atoms with van der Waals surface area (Å²) < 4.78 is 5.39. The summed E-state index contributed by atoms with van der Waals surface area (Å²) in [6.45, 7) is 2.48. The van der Waals surface area contributed by atoms with Gasteiger partial charge in [0.25, 0.3) is 0 Å². The maximum absolute atomic E-state index is 5.49. The number of hydrogen-bond acceptors (Lipinski definition) is 5. The van der Waals surface area contributed by atoms with E-state index in [0.717, 1.165) is 11.5 Å². The molecule has 0 amide bonds. The lowest BCUT2D eigenvalue weighted by Gasteiger charge is -2.02. The van der Waals surface area contributed by atoms with Crippen molar-refractivity contribution in [3.8, 4) is 0 Å². The van der Waals surface area contributed by atoms with Gasteiger partial charge in [0, 0.05) is 0 Å². The molecule has 78 valence electrons. The predicted octanol–water partition coefficient (Wildman–Crippen LogP) is 1.57. The zero-order valence-corrected chi connectivity index (χ0v) is 8.40. The number of hydrogen-bond donors (Lipinski definition) is 2. The van der Waals surface area contributed by atoms with Crippen LogP contribution in [0.1, 0.15) is 11.5 Å². The molecular weight excluding hydrogens is 192 g/mol. The largest absolute Gasteiger partial charge is 0.465 e. The zero-order valence-electron chi connectivity index (χ0n) is 8.40. The maximum atomic E-state index is 5.49. The number of aromatic nitrogens is 2. The molecular formula is C10H12N4O. The lowest BCUT2D eigenvalue weighted by Crippen LogP contribution is -2.02. The predicted molar refractivity (Wildman–Crippen MR) is 57.2 cm³/mol. The van der Waals surface area contributed by atoms with E-state index in [0.29, 0.717) is 18.2 Å². The number of rotatable bonds is 3. The summed E-state index contributed by atoms with van der Waals surface area (Å²) in [6.07, 6.45) is 3.12. The van der Waals surface area contributed by atoms with E-state index in [1.165, 1.54) is 6.20 Å². The minimum atomic E-state index is 0.399. The number of nitrogens with zero attached hydrogens (tertiary/aromatic N) is 2. The van der Waals surface area contributed by atoms with E-state index >= 15 is 0 Å². The molecule has 2 aromatic heterocycles. The van der Waals surface area contributed by atoms with E-state index in [9.17, 15) is 0 Å². The second-order valence-corrected chi connectivity index (χ2v) is 3.20. The molecule has 5 heteroatoms. The normalized spacial score (nSPS) is 10.2. The van der Waals surface area contributed by atoms with Crippen LogP contribution in [0.5, 0.6) is 0 Å². The van der Waals surface area contributed by atoms with Crippen molar-refractivity contribution in [3.63, 3.8) is 0 Å². The van der Waals surface area contributed by atoms with Crippen molar-refractivity contribution in [2.45, 2.75) is 13.5 Å². The third-order valence-corrected chi connectivity index (χ3v) is 1.89. The lowest BCUT2D eigenvalue weighted by atomic mass is 10.4. The molecule has 2 heterocycles. The Morgan fingerprint density at radius 3 is 2.93 bits per heavy atom. The first-order chi connectivity index (χ1) is 7.24. The molecule has 0 bridgehead atoms. The van der Waals surface area contributed by atoms with Crippen molar-refractivity contribution in [1.82, 2.24) is 9.97 Å². The van der Waals surface area contributed by atoms with E-state index in [-0.39, 0.29) is 0 Å². The van der Waals surface area contributed by atoms with Gasteiger partial charge in [-0.25, -0.2) is 4.98 Å². The van der Waals surface area contributed by atoms with Crippen LogP contribution in [0.15, 0.2) is 28.9 Å². The summed E-state index contributed by atoms with van der Waals surface area (Å²) >= 11 is 0. The van der Waals surface area contributed by atoms with Crippen LogP contribution in [0.2, 0.25) is 0 Å². The number of aryl methyl sites for hydroxylation is 1. The summed E-state index contributed by atoms with van der Waals surface area (Å²) in [7, 11) is 0. The molecule has 0 atom stereocenters. The van der Waals surface area contributed by atoms with Crippen LogP contribution in [-0.4, -0.2) is 9.97 Å². The van der Waals surface area contributed by atoms with Crippen LogP contribution in [0, 0.1) is 6.92 Å². The molecule has 2 aromatic rings. The molecule has 5 nitrogen and oxygen atoms in total. The van der Waals surface area contributed by atoms with Gasteiger partial charge in [-0.05, 0) is 19.1 Å². The molecule has 0 spiro atoms. The quantitative estimate of drug-likeness (QED) is 0.793. The molecule has 0 saturated carbocycles. The average molecular weight is 204 g/mol. The fourth-order valence-electron chi connectivity index (χ4n) is 1.22. The molecule has 0 aliphatic carbocycles. The summed E-state index contributed by atoms with van der Waals surface area (Å²) in [5, 5.41) is 3.07. The first-order valence-electron chi connectivity index (χ1n) is 4.61. The van der Waals surface area contributed by atoms with E-state index < -0.39 is 0 Å². The topological polar surface area (TPSA) is 77.0 Å². The van der Waals surface area contributed by atoms with Crippen molar-refractivity contribution in [3.05, 3.63) is 36.0 Å². The van der Waals surface area contributed by atoms with E-state index in [2.05, 4.69) is 15.3 Å². The Kier molecular flexibility index (Phi) is 2.53. The van der Waals surface area contributed by atoms with E-state index in [4.69, 9.17) is 10.2 Å². The molecule has 2 rings (SSSR count). The van der Waals surface area contributed by atoms with Gasteiger partial charge in [0.05, 0.1) is 18.9 Å². The Hall–Kier alpha value is -2.04. The van der Waals surface area contributed by atoms with Crippen LogP contribution < -0.4 is 11.1 Å². The Bertz CT molecular complexity index is 452. The van der Waals surface area contributed by atoms with Crippen LogP contribution in [0.4, 0.5) is 11.6 Å². The molecule has 0 radical (unpaired) electrons. The maximum Gasteiger partial charge on any atom is 0.147 e. The van der Waals surface area contributed by atoms with Gasteiger partial charge >= 0.3 is 0 Å². The van der Waals surface area contributed by atoms with Gasteiger partial charge in [-0.2, -0.15) is 0 Å². The highest BCUT2D eigenvalue weighted by Crippen LogP contribution is 2.09. The Balaban J connectivity index is 1.99. The standard InChI is InChI=1S/C10H12N4O/c1-7-2-3-8(15-7)4-13-10-6-12-5-9(11)14-10/h2-3,5-6H,4H2,1H3,(H3,11,13,14). The Morgan fingerprint density at radius 1 is 1.40 bits per heavy atom. The van der Waals surface area contributed by atoms with Crippen molar-refractivity contribution >= 4 is 11.6 Å². The number of nitrogens with one attached hydrogen (secondary N) is 1. The molecule has 0 fully saturated rings. The van der Waals surface area contributed by atoms with Crippen molar-refractivity contribution in [2.75, 3.05) is 11.1 Å². The first-order valence-corrected chi connectivity index (χ1v) is 4.61. The summed E-state index contributed by atoms with van der Waals surface area (Å²) in [5.41, 5.74) is 5.49. The molecule has 3 N–H and O–H groups in total. The summed E-state index contributed by atoms with van der Waals surface area (Å²) in [4.78, 5) is 7.98. The van der Waals surface area contributed by atoms with Gasteiger partial charge in [0.2, 0.25) is 0 Å². The van der Waals surface area contributed by atoms with Crippen molar-refractivity contribution in [2.24, 2.45) is 0 Å². The van der Waals surface area contributed by atoms with Crippen LogP contribution in [-0.2, 0) is 6.54 Å². The van der Waals surface area contributed by atoms with Gasteiger partial charge in [-0.3, -0.25) is 4.98 Å². The van der Waals surface area contributed by atoms with Gasteiger partial charge < -0.3 is 15.5 Å². The molecule has 0 saturated heterocycles. The Morgan fingerprint density at radius 2 is 2.27 bits per heavy atom. The molecule has 0 aliphatic rings. The summed E-state index contributed by atoms with van der Waals surface area (Å²) in [5.74, 6) is 2.79.